The second-order valence-electron chi connectivity index (χ2n) is 3.64. The summed E-state index contributed by atoms with van der Waals surface area (Å²) in [7, 11) is 0. The molecule has 15 heavy (non-hydrogen) atoms. The van der Waals surface area contributed by atoms with Crippen LogP contribution in [0.5, 0.6) is 0 Å². The highest BCUT2D eigenvalue weighted by atomic mass is 16.2. The Morgan fingerprint density at radius 2 is 2.53 bits per heavy atom. The highest BCUT2D eigenvalue weighted by Crippen LogP contribution is 2.12. The average Bonchev–Trinajstić information content (AvgIpc) is 2.31. The number of hydrogen-bond acceptors (Lipinski definition) is 4. The molecule has 1 aliphatic heterocycles. The van der Waals surface area contributed by atoms with Crippen molar-refractivity contribution in [2.45, 2.75) is 12.8 Å². The van der Waals surface area contributed by atoms with Crippen molar-refractivity contribution in [1.82, 2.24) is 15.5 Å². The number of rotatable bonds is 2. The topological polar surface area (TPSA) is 66.9 Å². The second-order valence-corrected chi connectivity index (χ2v) is 3.64. The first-order chi connectivity index (χ1) is 7.36. The van der Waals surface area contributed by atoms with Crippen molar-refractivity contribution >= 4 is 11.7 Å². The molecule has 5 heteroatoms. The Labute approximate surface area is 88.3 Å². The van der Waals surface area contributed by atoms with Gasteiger partial charge in [-0.15, -0.1) is 5.10 Å². The Hall–Kier alpha value is -1.49. The van der Waals surface area contributed by atoms with Crippen molar-refractivity contribution in [2.24, 2.45) is 5.92 Å². The molecule has 0 aliphatic carbocycles. The summed E-state index contributed by atoms with van der Waals surface area (Å²) in [5.74, 6) is 0.608. The number of piperidine rings is 1. The fraction of sp³-hybridized carbons (Fsp3) is 0.500. The van der Waals surface area contributed by atoms with Crippen LogP contribution >= 0.6 is 0 Å². The van der Waals surface area contributed by atoms with E-state index in [1.165, 1.54) is 0 Å². The molecule has 2 heterocycles. The molecule has 5 nitrogen and oxygen atoms in total. The van der Waals surface area contributed by atoms with Crippen molar-refractivity contribution in [3.8, 4) is 0 Å². The van der Waals surface area contributed by atoms with Gasteiger partial charge in [0.25, 0.3) is 0 Å². The van der Waals surface area contributed by atoms with Crippen molar-refractivity contribution in [3.63, 3.8) is 0 Å². The third-order valence-electron chi connectivity index (χ3n) is 2.49. The van der Waals surface area contributed by atoms with Gasteiger partial charge in [-0.3, -0.25) is 4.79 Å². The van der Waals surface area contributed by atoms with E-state index in [0.717, 1.165) is 25.9 Å². The fourth-order valence-electron chi connectivity index (χ4n) is 1.67. The molecule has 0 radical (unpaired) electrons. The maximum absolute atomic E-state index is 11.7. The lowest BCUT2D eigenvalue weighted by Gasteiger charge is -2.21. The zero-order valence-electron chi connectivity index (χ0n) is 8.44. The molecule has 0 saturated carbocycles. The predicted octanol–water partition coefficient (Wildman–Crippen LogP) is 0.415. The molecule has 1 aromatic heterocycles. The maximum Gasteiger partial charge on any atom is 0.229 e. The van der Waals surface area contributed by atoms with Gasteiger partial charge in [0.2, 0.25) is 5.91 Å². The van der Waals surface area contributed by atoms with E-state index < -0.39 is 0 Å². The number of hydrogen-bond donors (Lipinski definition) is 2. The van der Waals surface area contributed by atoms with Crippen LogP contribution in [0.4, 0.5) is 5.82 Å². The molecule has 2 N–H and O–H groups in total. The number of carbonyl (C=O) groups is 1. The van der Waals surface area contributed by atoms with Crippen LogP contribution in [0.3, 0.4) is 0 Å². The molecule has 1 aromatic rings. The molecule has 1 atom stereocenters. The van der Waals surface area contributed by atoms with Crippen LogP contribution in [0.2, 0.25) is 0 Å². The van der Waals surface area contributed by atoms with Crippen LogP contribution in [-0.2, 0) is 4.79 Å². The van der Waals surface area contributed by atoms with E-state index in [1.54, 1.807) is 18.3 Å². The third-order valence-corrected chi connectivity index (χ3v) is 2.49. The summed E-state index contributed by atoms with van der Waals surface area (Å²) in [5, 5.41) is 13.5. The van der Waals surface area contributed by atoms with Crippen LogP contribution in [0.25, 0.3) is 0 Å². The zero-order valence-corrected chi connectivity index (χ0v) is 8.44. The van der Waals surface area contributed by atoms with E-state index >= 15 is 0 Å². The highest BCUT2D eigenvalue weighted by molar-refractivity contribution is 5.91. The summed E-state index contributed by atoms with van der Waals surface area (Å²) < 4.78 is 0. The number of amides is 1. The first-order valence-electron chi connectivity index (χ1n) is 5.15. The molecule has 80 valence electrons. The summed E-state index contributed by atoms with van der Waals surface area (Å²) in [6.45, 7) is 1.76. The van der Waals surface area contributed by atoms with Crippen LogP contribution in [0.1, 0.15) is 12.8 Å². The summed E-state index contributed by atoms with van der Waals surface area (Å²) in [6.07, 6.45) is 3.58. The van der Waals surface area contributed by atoms with Gasteiger partial charge in [0.05, 0.1) is 5.92 Å². The Morgan fingerprint density at radius 1 is 1.60 bits per heavy atom. The van der Waals surface area contributed by atoms with Crippen LogP contribution in [-0.4, -0.2) is 29.2 Å². The first kappa shape index (κ1) is 10.0. The van der Waals surface area contributed by atoms with Crippen LogP contribution in [0, 0.1) is 5.92 Å². The lowest BCUT2D eigenvalue weighted by Crippen LogP contribution is -2.37. The smallest absolute Gasteiger partial charge is 0.229 e. The summed E-state index contributed by atoms with van der Waals surface area (Å²) in [4.78, 5) is 11.7. The van der Waals surface area contributed by atoms with E-state index in [2.05, 4.69) is 20.8 Å². The van der Waals surface area contributed by atoms with Gasteiger partial charge in [-0.25, -0.2) is 0 Å². The minimum atomic E-state index is 0.0303. The van der Waals surface area contributed by atoms with Gasteiger partial charge in [-0.2, -0.15) is 5.10 Å². The molecule has 2 rings (SSSR count). The molecule has 1 amide bonds. The standard InChI is InChI=1S/C10H14N4O/c15-10(8-3-1-5-11-7-8)13-9-4-2-6-12-14-9/h2,4,6,8,11H,1,3,5,7H2,(H,13,14,15). The summed E-state index contributed by atoms with van der Waals surface area (Å²) >= 11 is 0. The number of nitrogens with zero attached hydrogens (tertiary/aromatic N) is 2. The van der Waals surface area contributed by atoms with Crippen LogP contribution < -0.4 is 10.6 Å². The maximum atomic E-state index is 11.7. The molecule has 1 aliphatic rings. The number of aromatic nitrogens is 2. The van der Waals surface area contributed by atoms with Crippen LogP contribution in [0.15, 0.2) is 18.3 Å². The minimum Gasteiger partial charge on any atom is -0.316 e. The van der Waals surface area contributed by atoms with Crippen molar-refractivity contribution in [1.29, 1.82) is 0 Å². The molecule has 1 unspecified atom stereocenters. The lowest BCUT2D eigenvalue weighted by atomic mass is 9.99. The van der Waals surface area contributed by atoms with E-state index in [0.29, 0.717) is 5.82 Å². The second kappa shape index (κ2) is 4.84. The molecule has 0 bridgehead atoms. The van der Waals surface area contributed by atoms with Gasteiger partial charge < -0.3 is 10.6 Å². The SMILES string of the molecule is O=C(Nc1cccnn1)C1CCCNC1. The molecule has 1 saturated heterocycles. The molecule has 0 aromatic carbocycles. The van der Waals surface area contributed by atoms with E-state index in [9.17, 15) is 4.79 Å². The molecule has 1 fully saturated rings. The zero-order chi connectivity index (χ0) is 10.5. The average molecular weight is 206 g/mol. The van der Waals surface area contributed by atoms with Gasteiger partial charge in [0.15, 0.2) is 5.82 Å². The first-order valence-corrected chi connectivity index (χ1v) is 5.15. The van der Waals surface area contributed by atoms with Gasteiger partial charge in [-0.1, -0.05) is 0 Å². The Morgan fingerprint density at radius 3 is 3.20 bits per heavy atom. The monoisotopic (exact) mass is 206 g/mol. The normalized spacial score (nSPS) is 20.9. The van der Waals surface area contributed by atoms with Gasteiger partial charge in [0, 0.05) is 12.7 Å². The third kappa shape index (κ3) is 2.73. The fourth-order valence-corrected chi connectivity index (χ4v) is 1.67. The Bertz CT molecular complexity index is 321. The number of nitrogens with one attached hydrogen (secondary N) is 2. The Kier molecular flexibility index (Phi) is 3.24. The molecular formula is C10H14N4O. The van der Waals surface area contributed by atoms with Crippen molar-refractivity contribution < 1.29 is 4.79 Å². The van der Waals surface area contributed by atoms with Gasteiger partial charge in [-0.05, 0) is 31.5 Å². The van der Waals surface area contributed by atoms with E-state index in [1.807, 2.05) is 0 Å². The number of carbonyl (C=O) groups excluding carboxylic acids is 1. The molecular weight excluding hydrogens is 192 g/mol. The van der Waals surface area contributed by atoms with Crippen molar-refractivity contribution in [3.05, 3.63) is 18.3 Å². The van der Waals surface area contributed by atoms with Gasteiger partial charge in [0.1, 0.15) is 0 Å². The van der Waals surface area contributed by atoms with E-state index in [-0.39, 0.29) is 11.8 Å². The van der Waals surface area contributed by atoms with E-state index in [4.69, 9.17) is 0 Å². The molecule has 0 spiro atoms. The number of anilines is 1. The summed E-state index contributed by atoms with van der Waals surface area (Å²) in [5.41, 5.74) is 0. The highest BCUT2D eigenvalue weighted by Gasteiger charge is 2.20. The van der Waals surface area contributed by atoms with Crippen molar-refractivity contribution in [2.75, 3.05) is 18.4 Å². The lowest BCUT2D eigenvalue weighted by molar-refractivity contribution is -0.120. The quantitative estimate of drug-likeness (QED) is 0.735. The largest absolute Gasteiger partial charge is 0.316 e. The van der Waals surface area contributed by atoms with Gasteiger partial charge >= 0.3 is 0 Å². The predicted molar refractivity (Wildman–Crippen MR) is 56.3 cm³/mol. The summed E-state index contributed by atoms with van der Waals surface area (Å²) in [6, 6.07) is 3.49. The minimum absolute atomic E-state index is 0.0303. The Balaban J connectivity index is 1.91.